The average molecular weight is 214 g/mol. The van der Waals surface area contributed by atoms with Gasteiger partial charge in [0.1, 0.15) is 0 Å². The number of aromatic nitrogens is 2. The van der Waals surface area contributed by atoms with E-state index in [2.05, 4.69) is 27.6 Å². The van der Waals surface area contributed by atoms with Gasteiger partial charge in [0, 0.05) is 5.69 Å². The molecule has 1 aliphatic rings. The molecule has 1 saturated carbocycles. The molecule has 84 valence electrons. The van der Waals surface area contributed by atoms with Crippen LogP contribution in [0.15, 0.2) is 30.7 Å². The van der Waals surface area contributed by atoms with Gasteiger partial charge in [-0.2, -0.15) is 0 Å². The van der Waals surface area contributed by atoms with E-state index in [-0.39, 0.29) is 0 Å². The molecule has 0 aromatic carbocycles. The van der Waals surface area contributed by atoms with Gasteiger partial charge in [-0.15, -0.1) is 0 Å². The Balaban J connectivity index is 1.85. The molecule has 0 spiro atoms. The summed E-state index contributed by atoms with van der Waals surface area (Å²) in [4.78, 5) is 4.22. The summed E-state index contributed by atoms with van der Waals surface area (Å²) in [6.45, 7) is 0. The third-order valence-corrected chi connectivity index (χ3v) is 3.75. The minimum Gasteiger partial charge on any atom is -0.303 e. The Morgan fingerprint density at radius 3 is 2.94 bits per heavy atom. The first-order valence-corrected chi connectivity index (χ1v) is 6.33. The molecule has 0 amide bonds. The van der Waals surface area contributed by atoms with Crippen LogP contribution in [0.1, 0.15) is 37.8 Å². The molecule has 2 aromatic rings. The Bertz CT molecular complexity index is 466. The number of rotatable bonds is 2. The van der Waals surface area contributed by atoms with Crippen molar-refractivity contribution in [3.8, 4) is 0 Å². The summed E-state index contributed by atoms with van der Waals surface area (Å²) in [6, 6.07) is 6.51. The van der Waals surface area contributed by atoms with Gasteiger partial charge >= 0.3 is 0 Å². The number of pyridine rings is 1. The van der Waals surface area contributed by atoms with Crippen LogP contribution in [0.4, 0.5) is 0 Å². The molecule has 2 heterocycles. The van der Waals surface area contributed by atoms with Gasteiger partial charge in [-0.1, -0.05) is 38.2 Å². The summed E-state index contributed by atoms with van der Waals surface area (Å²) in [5.41, 5.74) is 2.63. The maximum atomic E-state index is 4.22. The third kappa shape index (κ3) is 1.84. The standard InChI is InChI=1S/C14H18N2/c1-2-5-12(6-3-1)9-13-7-4-8-14-10-15-11-16(13)14/h4,7-8,10-12H,1-3,5-6,9H2. The van der Waals surface area contributed by atoms with Crippen LogP contribution in [-0.4, -0.2) is 9.38 Å². The molecule has 0 radical (unpaired) electrons. The molecule has 2 aromatic heterocycles. The van der Waals surface area contributed by atoms with Crippen molar-refractivity contribution in [3.63, 3.8) is 0 Å². The third-order valence-electron chi connectivity index (χ3n) is 3.75. The summed E-state index contributed by atoms with van der Waals surface area (Å²) in [7, 11) is 0. The van der Waals surface area contributed by atoms with Crippen molar-refractivity contribution in [1.82, 2.24) is 9.38 Å². The van der Waals surface area contributed by atoms with E-state index < -0.39 is 0 Å². The fourth-order valence-electron chi connectivity index (χ4n) is 2.86. The zero-order chi connectivity index (χ0) is 10.8. The number of imidazole rings is 1. The van der Waals surface area contributed by atoms with E-state index in [9.17, 15) is 0 Å². The molecule has 1 aliphatic carbocycles. The van der Waals surface area contributed by atoms with Crippen LogP contribution in [0, 0.1) is 5.92 Å². The van der Waals surface area contributed by atoms with Crippen molar-refractivity contribution in [1.29, 1.82) is 0 Å². The Morgan fingerprint density at radius 1 is 1.19 bits per heavy atom. The molecular formula is C14H18N2. The first kappa shape index (κ1) is 9.88. The van der Waals surface area contributed by atoms with Crippen LogP contribution in [0.3, 0.4) is 0 Å². The van der Waals surface area contributed by atoms with Crippen LogP contribution < -0.4 is 0 Å². The van der Waals surface area contributed by atoms with Gasteiger partial charge < -0.3 is 4.40 Å². The molecule has 0 unspecified atom stereocenters. The van der Waals surface area contributed by atoms with E-state index in [0.29, 0.717) is 0 Å². The first-order valence-electron chi connectivity index (χ1n) is 6.33. The summed E-state index contributed by atoms with van der Waals surface area (Å²) in [5, 5.41) is 0. The number of hydrogen-bond acceptors (Lipinski definition) is 1. The van der Waals surface area contributed by atoms with E-state index >= 15 is 0 Å². The van der Waals surface area contributed by atoms with Gasteiger partial charge in [0.15, 0.2) is 0 Å². The maximum absolute atomic E-state index is 4.22. The van der Waals surface area contributed by atoms with Crippen molar-refractivity contribution in [2.45, 2.75) is 38.5 Å². The molecule has 3 rings (SSSR count). The van der Waals surface area contributed by atoms with Gasteiger partial charge in [-0.3, -0.25) is 0 Å². The van der Waals surface area contributed by atoms with E-state index in [1.807, 2.05) is 12.5 Å². The summed E-state index contributed by atoms with van der Waals surface area (Å²) >= 11 is 0. The minimum atomic E-state index is 0.891. The highest BCUT2D eigenvalue weighted by atomic mass is 15.0. The second kappa shape index (κ2) is 4.28. The molecule has 2 heteroatoms. The lowest BCUT2D eigenvalue weighted by Gasteiger charge is -2.21. The smallest absolute Gasteiger partial charge is 0.0994 e. The van der Waals surface area contributed by atoms with Gasteiger partial charge in [0.05, 0.1) is 18.0 Å². The van der Waals surface area contributed by atoms with Crippen molar-refractivity contribution in [3.05, 3.63) is 36.4 Å². The SMILES string of the molecule is c1cc(CC2CCCCC2)n2cncc2c1. The Morgan fingerprint density at radius 2 is 2.06 bits per heavy atom. The quantitative estimate of drug-likeness (QED) is 0.748. The van der Waals surface area contributed by atoms with Crippen LogP contribution >= 0.6 is 0 Å². The van der Waals surface area contributed by atoms with E-state index in [4.69, 9.17) is 0 Å². The minimum absolute atomic E-state index is 0.891. The maximum Gasteiger partial charge on any atom is 0.0994 e. The zero-order valence-corrected chi connectivity index (χ0v) is 9.60. The van der Waals surface area contributed by atoms with Crippen LogP contribution in [0.25, 0.3) is 5.52 Å². The molecule has 16 heavy (non-hydrogen) atoms. The fourth-order valence-corrected chi connectivity index (χ4v) is 2.86. The average Bonchev–Trinajstić information content (AvgIpc) is 2.80. The highest BCUT2D eigenvalue weighted by Gasteiger charge is 2.14. The highest BCUT2D eigenvalue weighted by molar-refractivity contribution is 5.45. The Labute approximate surface area is 96.3 Å². The Kier molecular flexibility index (Phi) is 2.65. The summed E-state index contributed by atoms with van der Waals surface area (Å²) in [5.74, 6) is 0.891. The van der Waals surface area contributed by atoms with Gasteiger partial charge in [-0.05, 0) is 24.5 Å². The largest absolute Gasteiger partial charge is 0.303 e. The van der Waals surface area contributed by atoms with E-state index in [1.165, 1.54) is 49.7 Å². The van der Waals surface area contributed by atoms with Crippen LogP contribution in [-0.2, 0) is 6.42 Å². The molecule has 0 saturated heterocycles. The van der Waals surface area contributed by atoms with Crippen molar-refractivity contribution in [2.75, 3.05) is 0 Å². The van der Waals surface area contributed by atoms with Crippen molar-refractivity contribution in [2.24, 2.45) is 5.92 Å². The number of fused-ring (bicyclic) bond motifs is 1. The molecule has 2 nitrogen and oxygen atoms in total. The molecule has 1 fully saturated rings. The van der Waals surface area contributed by atoms with Gasteiger partial charge in [-0.25, -0.2) is 4.98 Å². The zero-order valence-electron chi connectivity index (χ0n) is 9.60. The molecular weight excluding hydrogens is 196 g/mol. The summed E-state index contributed by atoms with van der Waals surface area (Å²) < 4.78 is 2.23. The predicted molar refractivity (Wildman–Crippen MR) is 65.5 cm³/mol. The lowest BCUT2D eigenvalue weighted by molar-refractivity contribution is 0.353. The summed E-state index contributed by atoms with van der Waals surface area (Å²) in [6.07, 6.45) is 12.2. The first-order chi connectivity index (χ1) is 7.93. The van der Waals surface area contributed by atoms with Gasteiger partial charge in [0.25, 0.3) is 0 Å². The Hall–Kier alpha value is -1.31. The van der Waals surface area contributed by atoms with Crippen LogP contribution in [0.5, 0.6) is 0 Å². The second-order valence-corrected chi connectivity index (χ2v) is 4.91. The topological polar surface area (TPSA) is 17.3 Å². The second-order valence-electron chi connectivity index (χ2n) is 4.91. The molecule has 0 atom stereocenters. The number of hydrogen-bond donors (Lipinski definition) is 0. The molecule has 0 N–H and O–H groups in total. The van der Waals surface area contributed by atoms with Crippen molar-refractivity contribution >= 4 is 5.52 Å². The monoisotopic (exact) mass is 214 g/mol. The molecule has 0 bridgehead atoms. The lowest BCUT2D eigenvalue weighted by atomic mass is 9.86. The van der Waals surface area contributed by atoms with Crippen LogP contribution in [0.2, 0.25) is 0 Å². The van der Waals surface area contributed by atoms with Gasteiger partial charge in [0.2, 0.25) is 0 Å². The highest BCUT2D eigenvalue weighted by Crippen LogP contribution is 2.26. The van der Waals surface area contributed by atoms with E-state index in [1.54, 1.807) is 0 Å². The lowest BCUT2D eigenvalue weighted by Crippen LogP contribution is -2.11. The van der Waals surface area contributed by atoms with E-state index in [0.717, 1.165) is 5.92 Å². The molecule has 0 aliphatic heterocycles. The predicted octanol–water partition coefficient (Wildman–Crippen LogP) is 3.46. The normalized spacial score (nSPS) is 18.0. The number of nitrogens with zero attached hydrogens (tertiary/aromatic N) is 2. The fraction of sp³-hybridized carbons (Fsp3) is 0.500. The van der Waals surface area contributed by atoms with Crippen molar-refractivity contribution < 1.29 is 0 Å².